The Bertz CT molecular complexity index is 1730. The fourth-order valence-electron chi connectivity index (χ4n) is 5.41. The zero-order valence-corrected chi connectivity index (χ0v) is 25.0. The van der Waals surface area contributed by atoms with Crippen molar-refractivity contribution in [2.24, 2.45) is 0 Å². The molecular formula is C35H33N5O2S. The van der Waals surface area contributed by atoms with E-state index in [0.29, 0.717) is 23.2 Å². The first-order chi connectivity index (χ1) is 21.0. The summed E-state index contributed by atoms with van der Waals surface area (Å²) in [6.07, 6.45) is 0.409. The summed E-state index contributed by atoms with van der Waals surface area (Å²) in [5, 5.41) is 6.63. The molecule has 43 heavy (non-hydrogen) atoms. The molecule has 1 aliphatic rings. The third kappa shape index (κ3) is 6.12. The number of para-hydroxylation sites is 1. The molecule has 0 saturated carbocycles. The Morgan fingerprint density at radius 2 is 1.58 bits per heavy atom. The van der Waals surface area contributed by atoms with Gasteiger partial charge in [0.15, 0.2) is 0 Å². The molecule has 5 aromatic rings. The van der Waals surface area contributed by atoms with Gasteiger partial charge in [-0.05, 0) is 61.6 Å². The quantitative estimate of drug-likeness (QED) is 0.219. The van der Waals surface area contributed by atoms with Gasteiger partial charge in [-0.25, -0.2) is 4.98 Å². The first kappa shape index (κ1) is 28.5. The predicted molar refractivity (Wildman–Crippen MR) is 175 cm³/mol. The van der Waals surface area contributed by atoms with Crippen LogP contribution in [0.2, 0.25) is 0 Å². The predicted octanol–water partition coefficient (Wildman–Crippen LogP) is 6.41. The third-order valence-electron chi connectivity index (χ3n) is 7.55. The highest BCUT2D eigenvalue weighted by Crippen LogP contribution is 2.39. The van der Waals surface area contributed by atoms with Crippen molar-refractivity contribution in [2.45, 2.75) is 12.6 Å². The maximum Gasteiger partial charge on any atom is 0.259 e. The minimum absolute atomic E-state index is 0.114. The van der Waals surface area contributed by atoms with Crippen LogP contribution in [0.4, 0.5) is 11.4 Å². The summed E-state index contributed by atoms with van der Waals surface area (Å²) in [5.74, 6) is -0.318. The van der Waals surface area contributed by atoms with Crippen LogP contribution in [0.5, 0.6) is 0 Å². The Balaban J connectivity index is 1.26. The lowest BCUT2D eigenvalue weighted by atomic mass is 9.99. The van der Waals surface area contributed by atoms with Crippen LogP contribution in [0.25, 0.3) is 22.4 Å². The number of carbonyl (C=O) groups is 2. The lowest BCUT2D eigenvalue weighted by Gasteiger charge is -2.32. The van der Waals surface area contributed by atoms with Gasteiger partial charge >= 0.3 is 0 Å². The van der Waals surface area contributed by atoms with E-state index in [1.165, 1.54) is 0 Å². The van der Waals surface area contributed by atoms with Gasteiger partial charge in [-0.3, -0.25) is 19.8 Å². The van der Waals surface area contributed by atoms with Gasteiger partial charge in [0.25, 0.3) is 11.8 Å². The summed E-state index contributed by atoms with van der Waals surface area (Å²) in [7, 11) is 4.07. The summed E-state index contributed by atoms with van der Waals surface area (Å²) in [6.45, 7) is 1.57. The van der Waals surface area contributed by atoms with Crippen LogP contribution in [0.15, 0.2) is 109 Å². The second-order valence-corrected chi connectivity index (χ2v) is 11.7. The average Bonchev–Trinajstić information content (AvgIpc) is 3.45. The van der Waals surface area contributed by atoms with Crippen molar-refractivity contribution < 1.29 is 9.59 Å². The number of amides is 2. The fourth-order valence-corrected chi connectivity index (χ4v) is 6.22. The van der Waals surface area contributed by atoms with Crippen LogP contribution < -0.4 is 15.5 Å². The number of hydrogen-bond donors (Lipinski definition) is 2. The molecule has 8 heteroatoms. The van der Waals surface area contributed by atoms with E-state index in [1.54, 1.807) is 35.6 Å². The van der Waals surface area contributed by atoms with E-state index in [-0.39, 0.29) is 18.0 Å². The van der Waals surface area contributed by atoms with E-state index in [2.05, 4.69) is 20.5 Å². The van der Waals surface area contributed by atoms with Crippen LogP contribution in [0, 0.1) is 0 Å². The second kappa shape index (κ2) is 12.7. The number of carbonyl (C=O) groups excluding carboxylic acids is 2. The van der Waals surface area contributed by atoms with Gasteiger partial charge in [-0.2, -0.15) is 0 Å². The van der Waals surface area contributed by atoms with Gasteiger partial charge in [0, 0.05) is 46.8 Å². The van der Waals surface area contributed by atoms with Crippen LogP contribution in [-0.2, 0) is 6.42 Å². The Labute approximate surface area is 255 Å². The Hall–Kier alpha value is -4.63. The lowest BCUT2D eigenvalue weighted by Crippen LogP contribution is -2.51. The number of aromatic nitrogens is 1. The molecule has 0 bridgehead atoms. The molecule has 4 aromatic carbocycles. The van der Waals surface area contributed by atoms with Crippen LogP contribution in [-0.4, -0.2) is 55.0 Å². The zero-order chi connectivity index (χ0) is 29.8. The van der Waals surface area contributed by atoms with E-state index in [1.807, 2.05) is 103 Å². The SMILES string of the molecule is CN(C)CCNC1Cc2scnc2-c2ccccc2N1C(=O)c1ccc(NC(=O)c2ccccc2-c2ccccc2)cc1. The van der Waals surface area contributed by atoms with E-state index in [9.17, 15) is 9.59 Å². The molecule has 0 radical (unpaired) electrons. The number of fused-ring (bicyclic) bond motifs is 3. The normalized spacial score (nSPS) is 14.1. The van der Waals surface area contributed by atoms with Gasteiger partial charge in [-0.1, -0.05) is 66.7 Å². The van der Waals surface area contributed by atoms with Gasteiger partial charge in [0.1, 0.15) is 0 Å². The largest absolute Gasteiger partial charge is 0.322 e. The monoisotopic (exact) mass is 587 g/mol. The van der Waals surface area contributed by atoms with Crippen molar-refractivity contribution in [3.8, 4) is 22.4 Å². The van der Waals surface area contributed by atoms with Gasteiger partial charge < -0.3 is 10.2 Å². The molecule has 0 fully saturated rings. The molecule has 1 unspecified atom stereocenters. The molecule has 1 aromatic heterocycles. The number of likely N-dealkylation sites (N-methyl/N-ethyl adjacent to an activating group) is 1. The molecule has 6 rings (SSSR count). The van der Waals surface area contributed by atoms with Crippen molar-refractivity contribution in [1.29, 1.82) is 0 Å². The van der Waals surface area contributed by atoms with Gasteiger partial charge in [-0.15, -0.1) is 11.3 Å². The minimum atomic E-state index is -0.246. The topological polar surface area (TPSA) is 77.6 Å². The van der Waals surface area contributed by atoms with E-state index in [0.717, 1.165) is 46.0 Å². The average molecular weight is 588 g/mol. The molecule has 2 N–H and O–H groups in total. The number of nitrogens with zero attached hydrogens (tertiary/aromatic N) is 3. The lowest BCUT2D eigenvalue weighted by molar-refractivity contribution is 0.0971. The molecule has 216 valence electrons. The van der Waals surface area contributed by atoms with Crippen LogP contribution in [0.3, 0.4) is 0 Å². The van der Waals surface area contributed by atoms with E-state index >= 15 is 0 Å². The fraction of sp³-hybridized carbons (Fsp3) is 0.171. The zero-order valence-electron chi connectivity index (χ0n) is 24.2. The number of hydrogen-bond acceptors (Lipinski definition) is 6. The summed E-state index contributed by atoms with van der Waals surface area (Å²) < 4.78 is 0. The number of rotatable bonds is 8. The molecule has 7 nitrogen and oxygen atoms in total. The maximum absolute atomic E-state index is 14.2. The number of benzene rings is 4. The number of nitrogens with one attached hydrogen (secondary N) is 2. The van der Waals surface area contributed by atoms with E-state index < -0.39 is 0 Å². The standard InChI is InChI=1S/C35H33N5O2S/c1-39(2)21-20-36-32-22-31-33(37-23-43-31)29-14-8-9-15-30(29)40(32)35(42)25-16-18-26(19-17-25)38-34(41)28-13-7-6-12-27(28)24-10-4-3-5-11-24/h3-19,23,32,36H,20-22H2,1-2H3,(H,38,41). The highest BCUT2D eigenvalue weighted by Gasteiger charge is 2.33. The van der Waals surface area contributed by atoms with E-state index in [4.69, 9.17) is 0 Å². The molecule has 1 aliphatic heterocycles. The highest BCUT2D eigenvalue weighted by atomic mass is 32.1. The van der Waals surface area contributed by atoms with Gasteiger partial charge in [0.05, 0.1) is 23.1 Å². The molecule has 0 spiro atoms. The molecule has 2 amide bonds. The first-order valence-corrected chi connectivity index (χ1v) is 15.2. The molecular weight excluding hydrogens is 554 g/mol. The molecule has 0 aliphatic carbocycles. The number of thiazole rings is 1. The Morgan fingerprint density at radius 3 is 2.35 bits per heavy atom. The molecule has 2 heterocycles. The van der Waals surface area contributed by atoms with Gasteiger partial charge in [0.2, 0.25) is 0 Å². The molecule has 0 saturated heterocycles. The Morgan fingerprint density at radius 1 is 0.884 bits per heavy atom. The smallest absolute Gasteiger partial charge is 0.259 e. The maximum atomic E-state index is 14.2. The molecule has 1 atom stereocenters. The summed E-state index contributed by atoms with van der Waals surface area (Å²) in [4.78, 5) is 37.3. The van der Waals surface area contributed by atoms with Crippen LogP contribution in [0.1, 0.15) is 25.6 Å². The minimum Gasteiger partial charge on any atom is -0.322 e. The third-order valence-corrected chi connectivity index (χ3v) is 8.41. The number of anilines is 2. The van der Waals surface area contributed by atoms with Crippen LogP contribution >= 0.6 is 11.3 Å². The van der Waals surface area contributed by atoms with Crippen molar-refractivity contribution in [1.82, 2.24) is 15.2 Å². The van der Waals surface area contributed by atoms with Crippen molar-refractivity contribution in [3.05, 3.63) is 125 Å². The second-order valence-electron chi connectivity index (χ2n) is 10.7. The first-order valence-electron chi connectivity index (χ1n) is 14.3. The summed E-state index contributed by atoms with van der Waals surface area (Å²) in [6, 6.07) is 32.5. The van der Waals surface area contributed by atoms with Crippen molar-refractivity contribution >= 4 is 34.5 Å². The Kier molecular flexibility index (Phi) is 8.42. The van der Waals surface area contributed by atoms with Crippen molar-refractivity contribution in [2.75, 3.05) is 37.4 Å². The highest BCUT2D eigenvalue weighted by molar-refractivity contribution is 7.10. The summed E-state index contributed by atoms with van der Waals surface area (Å²) >= 11 is 1.62. The summed E-state index contributed by atoms with van der Waals surface area (Å²) in [5.41, 5.74) is 8.17. The van der Waals surface area contributed by atoms with Crippen molar-refractivity contribution in [3.63, 3.8) is 0 Å².